The number of nitrogens with zero attached hydrogens (tertiary/aromatic N) is 2. The lowest BCUT2D eigenvalue weighted by molar-refractivity contribution is 0.101. The maximum absolute atomic E-state index is 14.9. The summed E-state index contributed by atoms with van der Waals surface area (Å²) in [5.74, 6) is -7.06. The molecule has 4 rings (SSSR count). The first kappa shape index (κ1) is 22.6. The molecule has 13 heteroatoms. The van der Waals surface area contributed by atoms with Crippen LogP contribution in [-0.2, 0) is 9.74 Å². The fraction of sp³-hybridized carbons (Fsp3) is 0.316. The lowest BCUT2D eigenvalue weighted by atomic mass is 10.1. The van der Waals surface area contributed by atoms with Gasteiger partial charge in [0.1, 0.15) is 11.4 Å². The highest BCUT2D eigenvalue weighted by Gasteiger charge is 2.59. The average molecular weight is 489 g/mol. The van der Waals surface area contributed by atoms with Gasteiger partial charge in [-0.1, -0.05) is 6.92 Å². The van der Waals surface area contributed by atoms with E-state index >= 15 is 0 Å². The fourth-order valence-electron chi connectivity index (χ4n) is 3.40. The Kier molecular flexibility index (Phi) is 5.70. The molecule has 2 atom stereocenters. The van der Waals surface area contributed by atoms with Gasteiger partial charge >= 0.3 is 0 Å². The molecule has 1 aromatic carbocycles. The van der Waals surface area contributed by atoms with E-state index in [4.69, 9.17) is 0 Å². The smallest absolute Gasteiger partial charge is 0.261 e. The third-order valence-electron chi connectivity index (χ3n) is 5.04. The topological polar surface area (TPSA) is 99.8 Å². The molecule has 1 amide bonds. The van der Waals surface area contributed by atoms with E-state index in [1.165, 1.54) is 12.3 Å². The van der Waals surface area contributed by atoms with E-state index < -0.39 is 44.7 Å². The van der Waals surface area contributed by atoms with E-state index in [-0.39, 0.29) is 40.3 Å². The number of H-pyrrole nitrogens is 1. The summed E-state index contributed by atoms with van der Waals surface area (Å²) in [6, 6.07) is 3.32. The molecule has 2 heterocycles. The predicted octanol–water partition coefficient (Wildman–Crippen LogP) is 4.15. The molecule has 0 spiro atoms. The summed E-state index contributed by atoms with van der Waals surface area (Å²) in [7, 11) is -0.886. The van der Waals surface area contributed by atoms with E-state index in [2.05, 4.69) is 33.7 Å². The van der Waals surface area contributed by atoms with Crippen LogP contribution in [0.2, 0.25) is 0 Å². The number of thiol groups is 1. The van der Waals surface area contributed by atoms with Crippen molar-refractivity contribution >= 4 is 46.5 Å². The van der Waals surface area contributed by atoms with Gasteiger partial charge in [0.2, 0.25) is 0 Å². The monoisotopic (exact) mass is 489 g/mol. The molecule has 3 N–H and O–H groups in total. The number of fused-ring (bicyclic) bond motifs is 1. The number of aromatic nitrogens is 3. The van der Waals surface area contributed by atoms with Crippen molar-refractivity contribution in [3.8, 4) is 0 Å². The Morgan fingerprint density at radius 2 is 2.09 bits per heavy atom. The number of anilines is 2. The molecule has 1 aliphatic carbocycles. The van der Waals surface area contributed by atoms with Crippen molar-refractivity contribution in [3.05, 3.63) is 47.3 Å². The zero-order chi connectivity index (χ0) is 23.3. The molecule has 0 saturated heterocycles. The summed E-state index contributed by atoms with van der Waals surface area (Å²) in [6.07, 6.45) is 1.45. The number of carbonyl (C=O) groups is 1. The van der Waals surface area contributed by atoms with Gasteiger partial charge in [0.25, 0.3) is 11.8 Å². The highest BCUT2D eigenvalue weighted by molar-refractivity contribution is 8.46. The molecule has 1 unspecified atom stereocenters. The Balaban J connectivity index is 1.61. The van der Waals surface area contributed by atoms with E-state index in [1.807, 2.05) is 0 Å². The second kappa shape index (κ2) is 8.08. The summed E-state index contributed by atoms with van der Waals surface area (Å²) < 4.78 is 71.1. The Morgan fingerprint density at radius 1 is 1.38 bits per heavy atom. The number of rotatable bonds is 7. The van der Waals surface area contributed by atoms with Gasteiger partial charge in [0, 0.05) is 17.6 Å². The van der Waals surface area contributed by atoms with Crippen LogP contribution in [0.15, 0.2) is 24.4 Å². The summed E-state index contributed by atoms with van der Waals surface area (Å²) in [6.45, 7) is 1.80. The van der Waals surface area contributed by atoms with Gasteiger partial charge in [-0.05, 0) is 42.8 Å². The number of benzene rings is 1. The van der Waals surface area contributed by atoms with E-state index in [9.17, 15) is 26.6 Å². The molecule has 172 valence electrons. The number of halogens is 4. The third-order valence-corrected chi connectivity index (χ3v) is 7.94. The maximum atomic E-state index is 14.9. The molecular formula is C19H20F4N5O2PS. The summed E-state index contributed by atoms with van der Waals surface area (Å²) >= 11 is 0. The highest BCUT2D eigenvalue weighted by atomic mass is 32.8. The van der Waals surface area contributed by atoms with Crippen molar-refractivity contribution in [2.24, 2.45) is 0 Å². The predicted molar refractivity (Wildman–Crippen MR) is 119 cm³/mol. The third kappa shape index (κ3) is 4.33. The van der Waals surface area contributed by atoms with Crippen LogP contribution in [0.1, 0.15) is 41.7 Å². The second-order valence-electron chi connectivity index (χ2n) is 7.62. The summed E-state index contributed by atoms with van der Waals surface area (Å²) in [5, 5.41) is 9.05. The number of alkyl halides is 2. The first-order valence-corrected chi connectivity index (χ1v) is 13.2. The molecule has 2 aromatic heterocycles. The van der Waals surface area contributed by atoms with Gasteiger partial charge in [-0.2, -0.15) is 5.10 Å². The molecule has 0 bridgehead atoms. The quantitative estimate of drug-likeness (QED) is 0.228. The number of carbonyl (C=O) groups excluding carboxylic acids is 1. The van der Waals surface area contributed by atoms with Gasteiger partial charge in [-0.3, -0.25) is 14.1 Å². The number of nitrogens with one attached hydrogen (secondary N) is 3. The van der Waals surface area contributed by atoms with E-state index in [0.717, 1.165) is 12.1 Å². The number of amides is 1. The molecule has 32 heavy (non-hydrogen) atoms. The van der Waals surface area contributed by atoms with Crippen molar-refractivity contribution < 1.29 is 26.6 Å². The van der Waals surface area contributed by atoms with Crippen LogP contribution < -0.4 is 10.0 Å². The van der Waals surface area contributed by atoms with Crippen LogP contribution in [-0.4, -0.2) is 37.0 Å². The minimum absolute atomic E-state index is 0.0500. The first-order chi connectivity index (χ1) is 15.0. The van der Waals surface area contributed by atoms with E-state index in [0.29, 0.717) is 6.42 Å². The number of hydrogen-bond donors (Lipinski definition) is 4. The second-order valence-corrected chi connectivity index (χ2v) is 12.4. The van der Waals surface area contributed by atoms with Gasteiger partial charge in [-0.25, -0.2) is 22.5 Å². The summed E-state index contributed by atoms with van der Waals surface area (Å²) in [5.41, 5.74) is -0.739. The normalized spacial score (nSPS) is 17.9. The van der Waals surface area contributed by atoms with Gasteiger partial charge in [-0.15, -0.1) is 0 Å². The van der Waals surface area contributed by atoms with Crippen LogP contribution in [0.5, 0.6) is 0 Å². The van der Waals surface area contributed by atoms with Crippen LogP contribution in [0.25, 0.3) is 11.0 Å². The maximum Gasteiger partial charge on any atom is 0.261 e. The van der Waals surface area contributed by atoms with Crippen LogP contribution in [0, 0.1) is 11.6 Å². The van der Waals surface area contributed by atoms with Crippen molar-refractivity contribution in [1.29, 1.82) is 0 Å². The lowest BCUT2D eigenvalue weighted by Crippen LogP contribution is -2.21. The Morgan fingerprint density at radius 3 is 2.75 bits per heavy atom. The average Bonchev–Trinajstić information content (AvgIpc) is 3.14. The molecule has 1 aliphatic rings. The van der Waals surface area contributed by atoms with Crippen molar-refractivity contribution in [2.75, 3.05) is 15.8 Å². The zero-order valence-corrected chi connectivity index (χ0v) is 18.8. The van der Waals surface area contributed by atoms with E-state index in [1.54, 1.807) is 6.92 Å². The highest BCUT2D eigenvalue weighted by Crippen LogP contribution is 2.56. The van der Waals surface area contributed by atoms with Crippen LogP contribution >= 0.6 is 8.44 Å². The van der Waals surface area contributed by atoms with Crippen molar-refractivity contribution in [1.82, 2.24) is 15.2 Å². The van der Waals surface area contributed by atoms with Crippen LogP contribution in [0.3, 0.4) is 0 Å². The molecule has 0 radical (unpaired) electrons. The van der Waals surface area contributed by atoms with Gasteiger partial charge in [0.05, 0.1) is 29.2 Å². The van der Waals surface area contributed by atoms with Crippen molar-refractivity contribution in [2.45, 2.75) is 31.6 Å². The molecular weight excluding hydrogens is 469 g/mol. The van der Waals surface area contributed by atoms with Gasteiger partial charge < -0.3 is 10.0 Å². The molecule has 7 nitrogen and oxygen atoms in total. The number of pyridine rings is 1. The molecule has 3 aromatic rings. The molecule has 0 aliphatic heterocycles. The van der Waals surface area contributed by atoms with Crippen molar-refractivity contribution in [3.63, 3.8) is 0 Å². The first-order valence-electron chi connectivity index (χ1n) is 9.69. The van der Waals surface area contributed by atoms with Crippen LogP contribution in [0.4, 0.5) is 28.9 Å². The number of hydrogen-bond acceptors (Lipinski definition) is 4. The Hall–Kier alpha value is -2.59. The molecule has 1 fully saturated rings. The summed E-state index contributed by atoms with van der Waals surface area (Å²) in [4.78, 5) is 16.7. The minimum Gasteiger partial charge on any atom is -0.322 e. The van der Waals surface area contributed by atoms with Gasteiger partial charge in [0.15, 0.2) is 11.5 Å². The Bertz CT molecular complexity index is 1270. The zero-order valence-electron chi connectivity index (χ0n) is 16.8. The number of aromatic amines is 1. The minimum atomic E-state index is -3.02. The molecule has 1 saturated carbocycles. The fourth-order valence-corrected chi connectivity index (χ4v) is 5.95. The lowest BCUT2D eigenvalue weighted by Gasteiger charge is -2.22. The SMILES string of the molecule is CCC[SH](=O)(P)Nc1ccc(F)c(C(=O)Nc2cnc3[nH]nc([C@@H]4CC4(F)F)c3c2)c1F. The largest absolute Gasteiger partial charge is 0.322 e. The Labute approximate surface area is 183 Å². The standard InChI is InChI=1S/C19H20F4N5O2PS/c1-2-5-32(30,31)28-13-4-3-12(20)14(15(13)21)18(29)25-9-6-10-16(11-7-19(11,22)23)26-27-17(10)24-8-9/h3-4,6,8,11,32H,2,5,7,31H2,1H3,(H,25,29)(H,28,30)(H,24,26,27)/t11-/m0/s1.